The third-order valence-electron chi connectivity index (χ3n) is 7.60. The van der Waals surface area contributed by atoms with E-state index in [1.54, 1.807) is 13.0 Å². The number of nitrogens with one attached hydrogen (secondary N) is 1. The zero-order valence-corrected chi connectivity index (χ0v) is 22.5. The molecule has 2 aromatic heterocycles. The van der Waals surface area contributed by atoms with E-state index < -0.39 is 5.97 Å². The molecule has 5 rings (SSSR count). The van der Waals surface area contributed by atoms with Gasteiger partial charge >= 0.3 is 5.97 Å². The van der Waals surface area contributed by atoms with Crippen LogP contribution in [0.4, 0.5) is 0 Å². The van der Waals surface area contributed by atoms with Gasteiger partial charge in [-0.3, -0.25) is 4.79 Å². The van der Waals surface area contributed by atoms with Crippen LogP contribution in [0.1, 0.15) is 68.6 Å². The summed E-state index contributed by atoms with van der Waals surface area (Å²) in [6.45, 7) is 8.75. The minimum atomic E-state index is -0.715. The fraction of sp³-hybridized carbons (Fsp3) is 0.414. The molecule has 0 radical (unpaired) electrons. The van der Waals surface area contributed by atoms with E-state index in [1.165, 1.54) is 22.7 Å². The molecular weight excluding hydrogens is 488 g/mol. The van der Waals surface area contributed by atoms with Gasteiger partial charge in [0.1, 0.15) is 22.9 Å². The Morgan fingerprint density at radius 3 is 2.62 bits per heavy atom. The van der Waals surface area contributed by atoms with Crippen molar-refractivity contribution in [2.75, 3.05) is 6.61 Å². The number of quaternary nitrogens is 1. The summed E-state index contributed by atoms with van der Waals surface area (Å²) in [4.78, 5) is 33.2. The van der Waals surface area contributed by atoms with Gasteiger partial charge in [0, 0.05) is 0 Å². The number of nitrogens with zero attached hydrogens (tertiary/aromatic N) is 1. The lowest BCUT2D eigenvalue weighted by Gasteiger charge is -2.36. The number of likely N-dealkylation sites (tertiary alicyclic amines) is 1. The number of piperidine rings is 1. The van der Waals surface area contributed by atoms with E-state index in [0.29, 0.717) is 46.6 Å². The molecule has 37 heavy (non-hydrogen) atoms. The van der Waals surface area contributed by atoms with Crippen LogP contribution in [0, 0.1) is 0 Å². The Hall–Kier alpha value is -3.23. The number of ether oxygens (including phenoxy) is 1. The summed E-state index contributed by atoms with van der Waals surface area (Å²) in [5, 5.41) is 12.1. The smallest absolute Gasteiger partial charge is 0.375 e. The number of esters is 1. The summed E-state index contributed by atoms with van der Waals surface area (Å²) in [6, 6.07) is 10.1. The summed E-state index contributed by atoms with van der Waals surface area (Å²) in [5.41, 5.74) is 2.03. The lowest BCUT2D eigenvalue weighted by atomic mass is 9.95. The molecule has 4 aromatic rings. The Bertz CT molecular complexity index is 1500. The highest BCUT2D eigenvalue weighted by atomic mass is 32.1. The van der Waals surface area contributed by atoms with Crippen molar-refractivity contribution in [2.45, 2.75) is 72.0 Å². The van der Waals surface area contributed by atoms with Gasteiger partial charge in [-0.1, -0.05) is 19.1 Å². The van der Waals surface area contributed by atoms with Crippen LogP contribution in [0.15, 0.2) is 39.5 Å². The zero-order valence-electron chi connectivity index (χ0n) is 21.7. The van der Waals surface area contributed by atoms with Crippen molar-refractivity contribution in [1.29, 1.82) is 0 Å². The molecule has 0 amide bonds. The van der Waals surface area contributed by atoms with Gasteiger partial charge in [-0.2, -0.15) is 0 Å². The monoisotopic (exact) mass is 521 g/mol. The third kappa shape index (κ3) is 4.53. The topological polar surface area (TPSA) is 94.1 Å². The molecule has 0 spiro atoms. The summed E-state index contributed by atoms with van der Waals surface area (Å²) >= 11 is 1.34. The van der Waals surface area contributed by atoms with Crippen molar-refractivity contribution in [1.82, 2.24) is 4.98 Å². The molecule has 1 fully saturated rings. The Kier molecular flexibility index (Phi) is 7.05. The molecule has 194 valence electrons. The number of carbonyl (C=O) groups is 1. The van der Waals surface area contributed by atoms with E-state index in [0.717, 1.165) is 23.1 Å². The first-order valence-electron chi connectivity index (χ1n) is 13.1. The van der Waals surface area contributed by atoms with Crippen molar-refractivity contribution in [2.24, 2.45) is 0 Å². The zero-order chi connectivity index (χ0) is 26.3. The lowest BCUT2D eigenvalue weighted by Crippen LogP contribution is -3.18. The number of carbonyl (C=O) groups excluding carboxylic acids is 1. The first-order valence-corrected chi connectivity index (χ1v) is 13.9. The second-order valence-electron chi connectivity index (χ2n) is 9.92. The number of benzene rings is 2. The second kappa shape index (κ2) is 10.3. The van der Waals surface area contributed by atoms with E-state index in [1.807, 2.05) is 31.2 Å². The first-order chi connectivity index (χ1) is 17.8. The number of rotatable bonds is 6. The Morgan fingerprint density at radius 2 is 1.95 bits per heavy atom. The quantitative estimate of drug-likeness (QED) is 0.352. The summed E-state index contributed by atoms with van der Waals surface area (Å²) in [5.74, 6) is -0.746. The molecule has 0 saturated carbocycles. The normalized spacial score (nSPS) is 19.9. The minimum Gasteiger partial charge on any atom is -0.507 e. The van der Waals surface area contributed by atoms with Crippen molar-refractivity contribution in [3.8, 4) is 16.3 Å². The minimum absolute atomic E-state index is 0.109. The SMILES string of the molecule is CCOC(=O)c1oc2c(C[NH+]3[C@H](C)CCC[C@@H]3C)c(O)c(CC)cc2c(=O)c1-c1nc2ccccc2s1. The molecule has 8 heteroatoms. The van der Waals surface area contributed by atoms with E-state index in [4.69, 9.17) is 9.15 Å². The molecule has 0 bridgehead atoms. The number of para-hydroxylation sites is 1. The van der Waals surface area contributed by atoms with Crippen molar-refractivity contribution in [3.63, 3.8) is 0 Å². The van der Waals surface area contributed by atoms with E-state index in [-0.39, 0.29) is 34.7 Å². The van der Waals surface area contributed by atoms with Crippen LogP contribution in [0.5, 0.6) is 5.75 Å². The second-order valence-corrected chi connectivity index (χ2v) is 11.0. The maximum absolute atomic E-state index is 14.1. The van der Waals surface area contributed by atoms with Crippen LogP contribution in [-0.4, -0.2) is 34.8 Å². The number of phenols is 1. The van der Waals surface area contributed by atoms with Crippen LogP contribution in [0.3, 0.4) is 0 Å². The number of aryl methyl sites for hydroxylation is 1. The lowest BCUT2D eigenvalue weighted by molar-refractivity contribution is -0.964. The van der Waals surface area contributed by atoms with Gasteiger partial charge in [-0.05, 0) is 70.2 Å². The van der Waals surface area contributed by atoms with Crippen molar-refractivity contribution >= 4 is 38.5 Å². The van der Waals surface area contributed by atoms with E-state index in [2.05, 4.69) is 18.8 Å². The highest BCUT2D eigenvalue weighted by Crippen LogP contribution is 2.36. The molecule has 2 aromatic carbocycles. The van der Waals surface area contributed by atoms with Crippen molar-refractivity contribution < 1.29 is 24.0 Å². The third-order valence-corrected chi connectivity index (χ3v) is 8.65. The van der Waals surface area contributed by atoms with Crippen LogP contribution in [0.2, 0.25) is 0 Å². The molecule has 7 nitrogen and oxygen atoms in total. The van der Waals surface area contributed by atoms with E-state index >= 15 is 0 Å². The fourth-order valence-corrected chi connectivity index (χ4v) is 6.54. The van der Waals surface area contributed by atoms with Gasteiger partial charge in [-0.15, -0.1) is 11.3 Å². The maximum atomic E-state index is 14.1. The van der Waals surface area contributed by atoms with E-state index in [9.17, 15) is 14.7 Å². The predicted octanol–water partition coefficient (Wildman–Crippen LogP) is 4.86. The van der Waals surface area contributed by atoms with Crippen LogP contribution < -0.4 is 10.3 Å². The first kappa shape index (κ1) is 25.4. The van der Waals surface area contributed by atoms with Gasteiger partial charge in [0.15, 0.2) is 5.58 Å². The van der Waals surface area contributed by atoms with Gasteiger partial charge in [-0.25, -0.2) is 9.78 Å². The summed E-state index contributed by atoms with van der Waals surface area (Å²) in [6.07, 6.45) is 3.95. The maximum Gasteiger partial charge on any atom is 0.375 e. The molecular formula is C29H33N2O5S+. The molecule has 1 unspecified atom stereocenters. The average Bonchev–Trinajstić information content (AvgIpc) is 3.31. The molecule has 2 N–H and O–H groups in total. The highest BCUT2D eigenvalue weighted by molar-refractivity contribution is 7.21. The average molecular weight is 522 g/mol. The molecule has 1 aliphatic heterocycles. The highest BCUT2D eigenvalue weighted by Gasteiger charge is 2.33. The van der Waals surface area contributed by atoms with Crippen LogP contribution >= 0.6 is 11.3 Å². The molecule has 1 saturated heterocycles. The van der Waals surface area contributed by atoms with Gasteiger partial charge < -0.3 is 19.2 Å². The number of aromatic nitrogens is 1. The van der Waals surface area contributed by atoms with Gasteiger partial charge in [0.25, 0.3) is 0 Å². The number of hydrogen-bond donors (Lipinski definition) is 2. The van der Waals surface area contributed by atoms with Crippen molar-refractivity contribution in [3.05, 3.63) is 57.4 Å². The number of aromatic hydroxyl groups is 1. The Labute approximate surface area is 219 Å². The fourth-order valence-electron chi connectivity index (χ4n) is 5.53. The number of hydrogen-bond acceptors (Lipinski definition) is 7. The Morgan fingerprint density at radius 1 is 1.22 bits per heavy atom. The largest absolute Gasteiger partial charge is 0.507 e. The number of thiazole rings is 1. The molecule has 3 atom stereocenters. The standard InChI is InChI=1S/C29H32N2O5S/c1-5-18-14-19-25(33)23(28-30-21-12-7-8-13-22(21)37-28)27(29(34)35-6-2)36-26(19)20(24(18)32)15-31-16(3)10-9-11-17(31)4/h7-8,12-14,16-17,32H,5-6,9-11,15H2,1-4H3/p+1/t16-,17+. The molecule has 3 heterocycles. The molecule has 0 aliphatic carbocycles. The number of fused-ring (bicyclic) bond motifs is 2. The van der Waals surface area contributed by atoms with Gasteiger partial charge in [0.05, 0.1) is 39.9 Å². The summed E-state index contributed by atoms with van der Waals surface area (Å²) in [7, 11) is 0. The predicted molar refractivity (Wildman–Crippen MR) is 146 cm³/mol. The summed E-state index contributed by atoms with van der Waals surface area (Å²) < 4.78 is 12.5. The van der Waals surface area contributed by atoms with Crippen LogP contribution in [0.25, 0.3) is 31.8 Å². The van der Waals surface area contributed by atoms with Crippen LogP contribution in [-0.2, 0) is 17.7 Å². The number of phenolic OH excluding ortho intramolecular Hbond substituents is 1. The van der Waals surface area contributed by atoms with Gasteiger partial charge in [0.2, 0.25) is 11.2 Å². The molecule has 1 aliphatic rings. The Balaban J connectivity index is 1.79.